The molecule has 0 bridgehead atoms. The third kappa shape index (κ3) is 2.90. The quantitative estimate of drug-likeness (QED) is 0.627. The molecule has 26 heavy (non-hydrogen) atoms. The number of nitrogens with zero attached hydrogens (tertiary/aromatic N) is 3. The van der Waals surface area contributed by atoms with Gasteiger partial charge < -0.3 is 29.7 Å². The molecule has 3 aromatic rings. The Balaban J connectivity index is 1.69. The summed E-state index contributed by atoms with van der Waals surface area (Å²) in [4.78, 5) is 12.6. The zero-order valence-corrected chi connectivity index (χ0v) is 14.9. The lowest BCUT2D eigenvalue weighted by molar-refractivity contribution is 0.313. The van der Waals surface area contributed by atoms with E-state index in [1.165, 1.54) is 18.9 Å². The number of imidazole rings is 1. The molecule has 1 aromatic heterocycles. The van der Waals surface area contributed by atoms with E-state index in [0.29, 0.717) is 11.4 Å². The Bertz CT molecular complexity index is 945. The van der Waals surface area contributed by atoms with Gasteiger partial charge >= 0.3 is 0 Å². The van der Waals surface area contributed by atoms with E-state index in [2.05, 4.69) is 38.9 Å². The van der Waals surface area contributed by atoms with Crippen LogP contribution in [-0.4, -0.2) is 65.4 Å². The molecule has 2 heterocycles. The molecular formula is C19H22N4O3. The Morgan fingerprint density at radius 3 is 2.58 bits per heavy atom. The van der Waals surface area contributed by atoms with Gasteiger partial charge in [-0.25, -0.2) is 4.98 Å². The van der Waals surface area contributed by atoms with Crippen molar-refractivity contribution in [3.8, 4) is 28.6 Å². The molecule has 0 unspecified atom stereocenters. The van der Waals surface area contributed by atoms with Crippen molar-refractivity contribution in [1.82, 2.24) is 14.9 Å². The van der Waals surface area contributed by atoms with Crippen LogP contribution >= 0.6 is 0 Å². The van der Waals surface area contributed by atoms with Gasteiger partial charge in [-0.1, -0.05) is 0 Å². The number of likely N-dealkylation sites (N-methyl/N-ethyl adjacent to an activating group) is 1. The number of fused-ring (bicyclic) bond motifs is 1. The third-order valence-electron chi connectivity index (χ3n) is 4.88. The summed E-state index contributed by atoms with van der Waals surface area (Å²) in [5.74, 6) is 0.311. The number of benzene rings is 2. The molecule has 136 valence electrons. The highest BCUT2D eigenvalue weighted by atomic mass is 16.5. The van der Waals surface area contributed by atoms with Crippen LogP contribution in [0.3, 0.4) is 0 Å². The van der Waals surface area contributed by atoms with Crippen molar-refractivity contribution < 1.29 is 14.9 Å². The number of aromatic amines is 1. The summed E-state index contributed by atoms with van der Waals surface area (Å²) in [6.45, 7) is 4.12. The van der Waals surface area contributed by atoms with Crippen molar-refractivity contribution in [2.24, 2.45) is 0 Å². The van der Waals surface area contributed by atoms with Crippen LogP contribution in [0.25, 0.3) is 22.4 Å². The topological polar surface area (TPSA) is 84.9 Å². The Morgan fingerprint density at radius 2 is 1.85 bits per heavy atom. The maximum absolute atomic E-state index is 9.90. The Morgan fingerprint density at radius 1 is 1.08 bits per heavy atom. The summed E-state index contributed by atoms with van der Waals surface area (Å²) in [5, 5.41) is 19.7. The summed E-state index contributed by atoms with van der Waals surface area (Å²) < 4.78 is 5.11. The minimum atomic E-state index is -0.273. The van der Waals surface area contributed by atoms with Crippen LogP contribution in [0.1, 0.15) is 0 Å². The fourth-order valence-electron chi connectivity index (χ4n) is 3.28. The largest absolute Gasteiger partial charge is 0.504 e. The fourth-order valence-corrected chi connectivity index (χ4v) is 3.28. The van der Waals surface area contributed by atoms with E-state index in [1.807, 2.05) is 6.07 Å². The second-order valence-electron chi connectivity index (χ2n) is 6.62. The summed E-state index contributed by atoms with van der Waals surface area (Å²) in [7, 11) is 3.59. The fraction of sp³-hybridized carbons (Fsp3) is 0.316. The van der Waals surface area contributed by atoms with Gasteiger partial charge in [-0.05, 0) is 37.4 Å². The Kier molecular flexibility index (Phi) is 4.08. The first-order chi connectivity index (χ1) is 12.5. The number of hydrogen-bond donors (Lipinski definition) is 3. The van der Waals surface area contributed by atoms with Crippen molar-refractivity contribution in [1.29, 1.82) is 0 Å². The van der Waals surface area contributed by atoms with Crippen LogP contribution in [0.4, 0.5) is 5.69 Å². The summed E-state index contributed by atoms with van der Waals surface area (Å²) in [6, 6.07) is 9.31. The average molecular weight is 354 g/mol. The minimum absolute atomic E-state index is 0.207. The van der Waals surface area contributed by atoms with Crippen LogP contribution in [0, 0.1) is 0 Å². The number of phenols is 2. The van der Waals surface area contributed by atoms with Gasteiger partial charge in [-0.3, -0.25) is 0 Å². The molecule has 1 aliphatic rings. The molecule has 2 aromatic carbocycles. The number of hydrogen-bond acceptors (Lipinski definition) is 6. The van der Waals surface area contributed by atoms with Gasteiger partial charge in [0.1, 0.15) is 5.82 Å². The van der Waals surface area contributed by atoms with Gasteiger partial charge in [0.15, 0.2) is 11.5 Å². The lowest BCUT2D eigenvalue weighted by atomic mass is 10.1. The first-order valence-electron chi connectivity index (χ1n) is 8.59. The van der Waals surface area contributed by atoms with Crippen LogP contribution in [0.5, 0.6) is 17.2 Å². The van der Waals surface area contributed by atoms with E-state index in [4.69, 9.17) is 4.74 Å². The van der Waals surface area contributed by atoms with Crippen molar-refractivity contribution in [3.63, 3.8) is 0 Å². The summed E-state index contributed by atoms with van der Waals surface area (Å²) in [6.07, 6.45) is 0. The number of aromatic nitrogens is 2. The van der Waals surface area contributed by atoms with Crippen LogP contribution in [-0.2, 0) is 0 Å². The van der Waals surface area contributed by atoms with Crippen LogP contribution < -0.4 is 9.64 Å². The number of ether oxygens (including phenoxy) is 1. The number of phenolic OH excluding ortho intramolecular Hbond substituents is 2. The number of rotatable bonds is 3. The van der Waals surface area contributed by atoms with Gasteiger partial charge in [0.05, 0.1) is 18.1 Å². The number of methoxy groups -OCH3 is 1. The second kappa shape index (κ2) is 6.42. The van der Waals surface area contributed by atoms with Crippen molar-refractivity contribution >= 4 is 16.7 Å². The lowest BCUT2D eigenvalue weighted by Gasteiger charge is -2.34. The number of piperazine rings is 1. The Labute approximate surface area is 151 Å². The standard InChI is InChI=1S/C19H22N4O3/c1-22-5-7-23(8-6-22)13-3-4-14-15(11-13)21-19(20-14)12-9-16(24)18(25)17(10-12)26-2/h3-4,9-11,24-25H,5-8H2,1-2H3,(H,20,21). The molecule has 0 spiro atoms. The molecule has 0 amide bonds. The predicted molar refractivity (Wildman–Crippen MR) is 101 cm³/mol. The molecule has 0 radical (unpaired) electrons. The smallest absolute Gasteiger partial charge is 0.200 e. The number of anilines is 1. The monoisotopic (exact) mass is 354 g/mol. The SMILES string of the molecule is COc1cc(-c2nc3ccc(N4CCN(C)CC4)cc3[nH]2)cc(O)c1O. The maximum Gasteiger partial charge on any atom is 0.200 e. The van der Waals surface area contributed by atoms with Crippen LogP contribution in [0.2, 0.25) is 0 Å². The van der Waals surface area contributed by atoms with Crippen molar-refractivity contribution in [2.75, 3.05) is 45.2 Å². The van der Waals surface area contributed by atoms with E-state index in [0.717, 1.165) is 37.2 Å². The van der Waals surface area contributed by atoms with Crippen molar-refractivity contribution in [2.45, 2.75) is 0 Å². The molecule has 1 fully saturated rings. The number of aromatic hydroxyl groups is 2. The van der Waals surface area contributed by atoms with Gasteiger partial charge in [-0.2, -0.15) is 0 Å². The first-order valence-corrected chi connectivity index (χ1v) is 8.59. The average Bonchev–Trinajstić information content (AvgIpc) is 3.07. The molecule has 1 saturated heterocycles. The van der Waals surface area contributed by atoms with Gasteiger partial charge in [-0.15, -0.1) is 0 Å². The molecule has 1 aliphatic heterocycles. The zero-order chi connectivity index (χ0) is 18.3. The van der Waals surface area contributed by atoms with Gasteiger partial charge in [0.2, 0.25) is 5.75 Å². The number of nitrogens with one attached hydrogen (secondary N) is 1. The summed E-state index contributed by atoms with van der Waals surface area (Å²) in [5.41, 5.74) is 3.61. The molecule has 7 nitrogen and oxygen atoms in total. The van der Waals surface area contributed by atoms with Gasteiger partial charge in [0.25, 0.3) is 0 Å². The second-order valence-corrected chi connectivity index (χ2v) is 6.62. The van der Waals surface area contributed by atoms with E-state index in [9.17, 15) is 10.2 Å². The normalized spacial score (nSPS) is 15.5. The van der Waals surface area contributed by atoms with E-state index < -0.39 is 0 Å². The van der Waals surface area contributed by atoms with E-state index >= 15 is 0 Å². The number of H-pyrrole nitrogens is 1. The highest BCUT2D eigenvalue weighted by Gasteiger charge is 2.16. The Hall–Kier alpha value is -2.93. The molecule has 0 saturated carbocycles. The molecule has 0 aliphatic carbocycles. The minimum Gasteiger partial charge on any atom is -0.504 e. The molecular weight excluding hydrogens is 332 g/mol. The lowest BCUT2D eigenvalue weighted by Crippen LogP contribution is -2.44. The maximum atomic E-state index is 9.90. The first kappa shape index (κ1) is 16.5. The highest BCUT2D eigenvalue weighted by molar-refractivity contribution is 5.83. The van der Waals surface area contributed by atoms with E-state index in [1.54, 1.807) is 6.07 Å². The summed E-state index contributed by atoms with van der Waals surface area (Å²) >= 11 is 0. The van der Waals surface area contributed by atoms with Crippen LogP contribution in [0.15, 0.2) is 30.3 Å². The molecule has 3 N–H and O–H groups in total. The predicted octanol–water partition coefficient (Wildman–Crippen LogP) is 2.40. The molecule has 0 atom stereocenters. The third-order valence-corrected chi connectivity index (χ3v) is 4.88. The van der Waals surface area contributed by atoms with E-state index in [-0.39, 0.29) is 17.2 Å². The van der Waals surface area contributed by atoms with Crippen molar-refractivity contribution in [3.05, 3.63) is 30.3 Å². The highest BCUT2D eigenvalue weighted by Crippen LogP contribution is 2.39. The molecule has 4 rings (SSSR count). The zero-order valence-electron chi connectivity index (χ0n) is 14.9. The molecule has 7 heteroatoms. The van der Waals surface area contributed by atoms with Gasteiger partial charge in [0, 0.05) is 37.4 Å².